The van der Waals surface area contributed by atoms with Crippen molar-refractivity contribution in [2.75, 3.05) is 4.31 Å². The molecular weight excluding hydrogens is 290 g/mol. The van der Waals surface area contributed by atoms with E-state index >= 15 is 0 Å². The van der Waals surface area contributed by atoms with Gasteiger partial charge in [-0.3, -0.25) is 4.31 Å². The SMILES string of the molecule is C[C@H](C(=O)O)N(c1ccccc1)S(=O)(=O)c1ccccc1. The molecule has 21 heavy (non-hydrogen) atoms. The van der Waals surface area contributed by atoms with Crippen molar-refractivity contribution in [3.63, 3.8) is 0 Å². The highest BCUT2D eigenvalue weighted by atomic mass is 32.2. The van der Waals surface area contributed by atoms with Gasteiger partial charge >= 0.3 is 5.97 Å². The molecule has 0 fully saturated rings. The van der Waals surface area contributed by atoms with E-state index in [1.807, 2.05) is 0 Å². The molecule has 0 aliphatic carbocycles. The number of carbonyl (C=O) groups is 1. The summed E-state index contributed by atoms with van der Waals surface area (Å²) >= 11 is 0. The molecule has 0 spiro atoms. The van der Waals surface area contributed by atoms with Crippen LogP contribution in [-0.4, -0.2) is 25.5 Å². The summed E-state index contributed by atoms with van der Waals surface area (Å²) in [5, 5.41) is 9.22. The Labute approximate surface area is 123 Å². The second-order valence-electron chi connectivity index (χ2n) is 4.46. The number of carboxylic acids is 1. The number of anilines is 1. The van der Waals surface area contributed by atoms with Gasteiger partial charge in [-0.1, -0.05) is 36.4 Å². The fourth-order valence-corrected chi connectivity index (χ4v) is 3.59. The van der Waals surface area contributed by atoms with Crippen molar-refractivity contribution in [2.45, 2.75) is 17.9 Å². The third kappa shape index (κ3) is 3.05. The minimum atomic E-state index is -3.95. The van der Waals surface area contributed by atoms with E-state index in [0.717, 1.165) is 4.31 Å². The van der Waals surface area contributed by atoms with Crippen molar-refractivity contribution in [1.82, 2.24) is 0 Å². The number of sulfonamides is 1. The van der Waals surface area contributed by atoms with E-state index in [9.17, 15) is 18.3 Å². The van der Waals surface area contributed by atoms with E-state index in [1.165, 1.54) is 19.1 Å². The summed E-state index contributed by atoms with van der Waals surface area (Å²) in [5.74, 6) is -1.21. The van der Waals surface area contributed by atoms with Gasteiger partial charge in [0.2, 0.25) is 0 Å². The van der Waals surface area contributed by atoms with Crippen LogP contribution in [0.3, 0.4) is 0 Å². The zero-order chi connectivity index (χ0) is 15.5. The van der Waals surface area contributed by atoms with Crippen LogP contribution in [0.5, 0.6) is 0 Å². The zero-order valence-corrected chi connectivity index (χ0v) is 12.2. The average molecular weight is 305 g/mol. The van der Waals surface area contributed by atoms with Crippen molar-refractivity contribution in [1.29, 1.82) is 0 Å². The molecule has 0 aliphatic rings. The molecule has 0 radical (unpaired) electrons. The van der Waals surface area contributed by atoms with Crippen molar-refractivity contribution < 1.29 is 18.3 Å². The van der Waals surface area contributed by atoms with Gasteiger partial charge in [0.05, 0.1) is 10.6 Å². The Kier molecular flexibility index (Phi) is 4.28. The first kappa shape index (κ1) is 15.1. The van der Waals surface area contributed by atoms with Gasteiger partial charge in [-0.25, -0.2) is 13.2 Å². The summed E-state index contributed by atoms with van der Waals surface area (Å²) in [6.07, 6.45) is 0. The first-order chi connectivity index (χ1) is 9.94. The Morgan fingerprint density at radius 3 is 1.95 bits per heavy atom. The maximum Gasteiger partial charge on any atom is 0.327 e. The Balaban J connectivity index is 2.58. The van der Waals surface area contributed by atoms with Crippen molar-refractivity contribution >= 4 is 21.7 Å². The summed E-state index contributed by atoms with van der Waals surface area (Å²) in [7, 11) is -3.95. The molecule has 0 bridgehead atoms. The van der Waals surface area contributed by atoms with Gasteiger partial charge < -0.3 is 5.11 Å². The lowest BCUT2D eigenvalue weighted by Gasteiger charge is -2.27. The molecule has 0 amide bonds. The molecule has 2 rings (SSSR count). The highest BCUT2D eigenvalue weighted by Crippen LogP contribution is 2.25. The predicted octanol–water partition coefficient (Wildman–Crippen LogP) is 2.36. The molecule has 0 saturated heterocycles. The van der Waals surface area contributed by atoms with Crippen LogP contribution < -0.4 is 4.31 Å². The first-order valence-corrected chi connectivity index (χ1v) is 7.76. The molecule has 0 unspecified atom stereocenters. The smallest absolute Gasteiger partial charge is 0.327 e. The van der Waals surface area contributed by atoms with Gasteiger partial charge in [-0.2, -0.15) is 0 Å². The summed E-state index contributed by atoms with van der Waals surface area (Å²) in [5.41, 5.74) is 0.316. The van der Waals surface area contributed by atoms with Gasteiger partial charge in [0.25, 0.3) is 10.0 Å². The maximum absolute atomic E-state index is 12.7. The third-order valence-corrected chi connectivity index (χ3v) is 4.93. The van der Waals surface area contributed by atoms with Crippen LogP contribution in [0.15, 0.2) is 65.6 Å². The number of hydrogen-bond acceptors (Lipinski definition) is 3. The predicted molar refractivity (Wildman–Crippen MR) is 79.6 cm³/mol. The summed E-state index contributed by atoms with van der Waals surface area (Å²) in [6.45, 7) is 1.34. The largest absolute Gasteiger partial charge is 0.480 e. The van der Waals surface area contributed by atoms with Crippen LogP contribution in [-0.2, 0) is 14.8 Å². The quantitative estimate of drug-likeness (QED) is 0.920. The van der Waals surface area contributed by atoms with Crippen LogP contribution in [0.2, 0.25) is 0 Å². The van der Waals surface area contributed by atoms with E-state index in [0.29, 0.717) is 5.69 Å². The maximum atomic E-state index is 12.7. The molecule has 6 heteroatoms. The van der Waals surface area contributed by atoms with E-state index in [2.05, 4.69) is 0 Å². The highest BCUT2D eigenvalue weighted by molar-refractivity contribution is 7.92. The van der Waals surface area contributed by atoms with Crippen LogP contribution >= 0.6 is 0 Å². The summed E-state index contributed by atoms with van der Waals surface area (Å²) < 4.78 is 26.4. The molecule has 5 nitrogen and oxygen atoms in total. The van der Waals surface area contributed by atoms with Gasteiger partial charge in [0, 0.05) is 0 Å². The average Bonchev–Trinajstić information content (AvgIpc) is 2.49. The Hall–Kier alpha value is -2.34. The molecular formula is C15H15NO4S. The monoisotopic (exact) mass is 305 g/mol. The lowest BCUT2D eigenvalue weighted by atomic mass is 10.2. The number of rotatable bonds is 5. The normalized spacial score (nSPS) is 12.6. The van der Waals surface area contributed by atoms with E-state index in [1.54, 1.807) is 48.5 Å². The molecule has 110 valence electrons. The highest BCUT2D eigenvalue weighted by Gasteiger charge is 2.32. The molecule has 2 aromatic carbocycles. The number of aliphatic carboxylic acids is 1. The lowest BCUT2D eigenvalue weighted by Crippen LogP contribution is -2.43. The Bertz CT molecular complexity index is 714. The van der Waals surface area contributed by atoms with E-state index in [-0.39, 0.29) is 4.90 Å². The Morgan fingerprint density at radius 1 is 1.00 bits per heavy atom. The van der Waals surface area contributed by atoms with Gasteiger partial charge in [0.1, 0.15) is 6.04 Å². The van der Waals surface area contributed by atoms with Gasteiger partial charge in [-0.05, 0) is 31.2 Å². The molecule has 0 heterocycles. The first-order valence-electron chi connectivity index (χ1n) is 6.32. The van der Waals surface area contributed by atoms with Crippen LogP contribution in [0, 0.1) is 0 Å². The van der Waals surface area contributed by atoms with Crippen LogP contribution in [0.4, 0.5) is 5.69 Å². The fourth-order valence-electron chi connectivity index (χ4n) is 1.95. The van der Waals surface area contributed by atoms with Crippen molar-refractivity contribution in [3.05, 3.63) is 60.7 Å². The standard InChI is InChI=1S/C15H15NO4S/c1-12(15(17)18)16(13-8-4-2-5-9-13)21(19,20)14-10-6-3-7-11-14/h2-12H,1H3,(H,17,18)/t12-/m1/s1. The number of para-hydroxylation sites is 1. The second kappa shape index (κ2) is 5.97. The number of hydrogen-bond donors (Lipinski definition) is 1. The molecule has 2 aromatic rings. The molecule has 0 aliphatic heterocycles. The number of nitrogens with zero attached hydrogens (tertiary/aromatic N) is 1. The fraction of sp³-hybridized carbons (Fsp3) is 0.133. The zero-order valence-electron chi connectivity index (χ0n) is 11.4. The molecule has 1 atom stereocenters. The minimum absolute atomic E-state index is 0.0574. The van der Waals surface area contributed by atoms with Crippen molar-refractivity contribution in [3.8, 4) is 0 Å². The van der Waals surface area contributed by atoms with Crippen LogP contribution in [0.1, 0.15) is 6.92 Å². The van der Waals surface area contributed by atoms with Crippen LogP contribution in [0.25, 0.3) is 0 Å². The summed E-state index contributed by atoms with van der Waals surface area (Å²) in [4.78, 5) is 11.3. The molecule has 0 aromatic heterocycles. The molecule has 1 N–H and O–H groups in total. The Morgan fingerprint density at radius 2 is 1.48 bits per heavy atom. The van der Waals surface area contributed by atoms with Crippen molar-refractivity contribution in [2.24, 2.45) is 0 Å². The van der Waals surface area contributed by atoms with Gasteiger partial charge in [-0.15, -0.1) is 0 Å². The second-order valence-corrected chi connectivity index (χ2v) is 6.28. The number of benzene rings is 2. The third-order valence-electron chi connectivity index (χ3n) is 3.02. The number of carboxylic acid groups (broad SMARTS) is 1. The summed E-state index contributed by atoms with van der Waals surface area (Å²) in [6, 6.07) is 14.8. The minimum Gasteiger partial charge on any atom is -0.480 e. The lowest BCUT2D eigenvalue weighted by molar-refractivity contribution is -0.137. The molecule has 0 saturated carbocycles. The van der Waals surface area contributed by atoms with E-state index < -0.39 is 22.0 Å². The van der Waals surface area contributed by atoms with Gasteiger partial charge in [0.15, 0.2) is 0 Å². The topological polar surface area (TPSA) is 74.7 Å². The van der Waals surface area contributed by atoms with E-state index in [4.69, 9.17) is 0 Å².